The van der Waals surface area contributed by atoms with E-state index in [1.807, 2.05) is 26.2 Å². The first kappa shape index (κ1) is 38.1. The third-order valence-corrected chi connectivity index (χ3v) is 9.08. The lowest BCUT2D eigenvalue weighted by molar-refractivity contribution is 0.0160. The molecular formula is C39H48FN4O6S+. The Labute approximate surface area is 303 Å². The first-order chi connectivity index (χ1) is 24.8. The van der Waals surface area contributed by atoms with Crippen LogP contribution >= 0.6 is 11.3 Å². The molecule has 0 bridgehead atoms. The molecule has 2 aliphatic rings. The predicted octanol–water partition coefficient (Wildman–Crippen LogP) is 4.67. The van der Waals surface area contributed by atoms with Crippen molar-refractivity contribution in [2.24, 2.45) is 0 Å². The molecular weight excluding hydrogens is 672 g/mol. The quantitative estimate of drug-likeness (QED) is 0.0638. The summed E-state index contributed by atoms with van der Waals surface area (Å²) in [5.41, 5.74) is 4.02. The second-order valence-electron chi connectivity index (χ2n) is 12.2. The van der Waals surface area contributed by atoms with Crippen molar-refractivity contribution in [3.8, 4) is 22.1 Å². The molecule has 272 valence electrons. The Bertz CT molecular complexity index is 1840. The number of fused-ring (bicyclic) bond motifs is 2. The van der Waals surface area contributed by atoms with E-state index in [1.165, 1.54) is 22.4 Å². The standard InChI is InChI=1S/C39H48FN4O6S/c1-43(2)31-11-13-36-38(23-31)51-39-24-32(12-14-37(39)42-36)44(3)16-18-47-20-22-48-21-19-46-17-15-41-26-33(45)28-50-35-6-4-5-34(25-35)49-27-29-7-9-30(40)10-8-29/h4-14,23-25,33,41,45H,15-22,26-28H2,1-3H3/q+1/t33-/m1/s1. The Morgan fingerprint density at radius 3 is 2.33 bits per heavy atom. The summed E-state index contributed by atoms with van der Waals surface area (Å²) >= 11 is 1.76. The van der Waals surface area contributed by atoms with Crippen molar-refractivity contribution in [2.45, 2.75) is 12.7 Å². The van der Waals surface area contributed by atoms with Crippen molar-refractivity contribution in [1.82, 2.24) is 14.9 Å². The Balaban J connectivity index is 0.858. The van der Waals surface area contributed by atoms with Crippen LogP contribution in [-0.2, 0) is 20.8 Å². The molecule has 1 aliphatic heterocycles. The van der Waals surface area contributed by atoms with Gasteiger partial charge in [-0.25, -0.2) is 13.9 Å². The van der Waals surface area contributed by atoms with Gasteiger partial charge in [-0.2, -0.15) is 0 Å². The van der Waals surface area contributed by atoms with Crippen molar-refractivity contribution in [3.05, 3.63) is 102 Å². The number of aliphatic hydroxyl groups is 1. The topological polar surface area (TPSA) is 97.6 Å². The molecule has 0 saturated heterocycles. The Kier molecular flexibility index (Phi) is 14.9. The molecule has 0 aromatic heterocycles. The summed E-state index contributed by atoms with van der Waals surface area (Å²) in [7, 11) is 6.17. The molecule has 0 unspecified atom stereocenters. The highest BCUT2D eigenvalue weighted by Gasteiger charge is 2.11. The van der Waals surface area contributed by atoms with Crippen molar-refractivity contribution in [2.75, 3.05) is 91.9 Å². The lowest BCUT2D eigenvalue weighted by Gasteiger charge is -2.20. The van der Waals surface area contributed by atoms with Gasteiger partial charge in [-0.1, -0.05) is 18.2 Å². The van der Waals surface area contributed by atoms with Crippen LogP contribution in [0.15, 0.2) is 84.9 Å². The van der Waals surface area contributed by atoms with Crippen molar-refractivity contribution in [3.63, 3.8) is 0 Å². The van der Waals surface area contributed by atoms with Crippen LogP contribution in [0.3, 0.4) is 0 Å². The van der Waals surface area contributed by atoms with Crippen LogP contribution in [0, 0.1) is 5.82 Å². The SMILES string of the molecule is CN(CCOCCOCCOCCNC[C@@H](O)COc1cccc(OCc2ccc(F)cc2)c1)c1ccc2nc3ccc(=[N+](C)C)cc-3sc2c1. The molecule has 0 saturated carbocycles. The van der Waals surface area contributed by atoms with Gasteiger partial charge < -0.3 is 39.0 Å². The minimum Gasteiger partial charge on any atom is -0.491 e. The summed E-state index contributed by atoms with van der Waals surface area (Å²) in [5.74, 6) is 0.947. The van der Waals surface area contributed by atoms with Gasteiger partial charge in [-0.3, -0.25) is 0 Å². The smallest absolute Gasteiger partial charge is 0.201 e. The minimum atomic E-state index is -0.681. The van der Waals surface area contributed by atoms with E-state index in [0.29, 0.717) is 70.8 Å². The van der Waals surface area contributed by atoms with Gasteiger partial charge in [0.15, 0.2) is 0 Å². The first-order valence-electron chi connectivity index (χ1n) is 17.1. The number of hydrogen-bond donors (Lipinski definition) is 2. The molecule has 51 heavy (non-hydrogen) atoms. The zero-order valence-corrected chi connectivity index (χ0v) is 30.4. The number of anilines is 1. The fourth-order valence-corrected chi connectivity index (χ4v) is 6.09. The van der Waals surface area contributed by atoms with E-state index in [1.54, 1.807) is 35.6 Å². The second-order valence-corrected chi connectivity index (χ2v) is 13.3. The van der Waals surface area contributed by atoms with Crippen molar-refractivity contribution >= 4 is 27.2 Å². The summed E-state index contributed by atoms with van der Waals surface area (Å²) in [6, 6.07) is 26.2. The average molecular weight is 720 g/mol. The van der Waals surface area contributed by atoms with Gasteiger partial charge in [-0.05, 0) is 54.1 Å². The van der Waals surface area contributed by atoms with Crippen LogP contribution in [-0.4, -0.2) is 103 Å². The summed E-state index contributed by atoms with van der Waals surface area (Å²) in [5, 5.41) is 14.6. The zero-order valence-electron chi connectivity index (χ0n) is 29.6. The van der Waals surface area contributed by atoms with E-state index in [4.69, 9.17) is 28.7 Å². The number of nitrogens with zero attached hydrogens (tertiary/aromatic N) is 3. The highest BCUT2D eigenvalue weighted by Crippen LogP contribution is 2.31. The number of nitrogens with one attached hydrogen (secondary N) is 1. The highest BCUT2D eigenvalue weighted by molar-refractivity contribution is 7.21. The molecule has 0 spiro atoms. The van der Waals surface area contributed by atoms with Gasteiger partial charge in [0.2, 0.25) is 5.36 Å². The number of aromatic nitrogens is 1. The molecule has 2 N–H and O–H groups in total. The van der Waals surface area contributed by atoms with Gasteiger partial charge in [0, 0.05) is 50.6 Å². The molecule has 12 heteroatoms. The molecule has 3 aromatic carbocycles. The predicted molar refractivity (Wildman–Crippen MR) is 201 cm³/mol. The monoisotopic (exact) mass is 719 g/mol. The van der Waals surface area contributed by atoms with Gasteiger partial charge >= 0.3 is 0 Å². The zero-order chi connectivity index (χ0) is 35.8. The largest absolute Gasteiger partial charge is 0.491 e. The van der Waals surface area contributed by atoms with Crippen LogP contribution in [0.5, 0.6) is 11.5 Å². The van der Waals surface area contributed by atoms with E-state index >= 15 is 0 Å². The van der Waals surface area contributed by atoms with E-state index in [0.717, 1.165) is 33.7 Å². The molecule has 1 atom stereocenters. The van der Waals surface area contributed by atoms with Gasteiger partial charge in [0.05, 0.1) is 60.4 Å². The Morgan fingerprint density at radius 2 is 1.57 bits per heavy atom. The molecule has 3 aromatic rings. The number of likely N-dealkylation sites (N-methyl/N-ethyl adjacent to an activating group) is 1. The van der Waals surface area contributed by atoms with E-state index in [-0.39, 0.29) is 12.4 Å². The first-order valence-corrected chi connectivity index (χ1v) is 17.9. The lowest BCUT2D eigenvalue weighted by atomic mass is 10.2. The summed E-state index contributed by atoms with van der Waals surface area (Å²) in [6.45, 7) is 5.31. The number of aliphatic hydroxyl groups excluding tert-OH is 1. The summed E-state index contributed by atoms with van der Waals surface area (Å²) in [6.07, 6.45) is -0.681. The Morgan fingerprint density at radius 1 is 0.843 bits per heavy atom. The number of hydrogen-bond acceptors (Lipinski definition) is 10. The van der Waals surface area contributed by atoms with Gasteiger partial charge in [0.1, 0.15) is 50.7 Å². The van der Waals surface area contributed by atoms with Gasteiger partial charge in [-0.15, -0.1) is 11.3 Å². The third kappa shape index (κ3) is 12.5. The fourth-order valence-electron chi connectivity index (χ4n) is 5.06. The fraction of sp³-hybridized carbons (Fsp3) is 0.385. The third-order valence-electron chi connectivity index (χ3n) is 7.99. The Hall–Kier alpha value is -4.17. The van der Waals surface area contributed by atoms with E-state index in [2.05, 4.69) is 58.2 Å². The normalized spacial score (nSPS) is 11.9. The second kappa shape index (κ2) is 20.0. The average Bonchev–Trinajstić information content (AvgIpc) is 3.14. The van der Waals surface area contributed by atoms with Crippen LogP contribution in [0.4, 0.5) is 10.1 Å². The van der Waals surface area contributed by atoms with Crippen LogP contribution < -0.4 is 29.6 Å². The number of halogens is 1. The number of ether oxygens (including phenoxy) is 5. The van der Waals surface area contributed by atoms with E-state index < -0.39 is 6.10 Å². The molecule has 1 heterocycles. The summed E-state index contributed by atoms with van der Waals surface area (Å²) < 4.78 is 44.9. The minimum absolute atomic E-state index is 0.138. The molecule has 0 radical (unpaired) electrons. The maximum atomic E-state index is 13.1. The maximum Gasteiger partial charge on any atom is 0.201 e. The van der Waals surface area contributed by atoms with Crippen LogP contribution in [0.1, 0.15) is 5.56 Å². The summed E-state index contributed by atoms with van der Waals surface area (Å²) in [4.78, 5) is 8.21. The van der Waals surface area contributed by atoms with Crippen LogP contribution in [0.2, 0.25) is 0 Å². The number of benzene rings is 4. The van der Waals surface area contributed by atoms with Gasteiger partial charge in [0.25, 0.3) is 0 Å². The molecule has 0 amide bonds. The van der Waals surface area contributed by atoms with E-state index in [9.17, 15) is 9.50 Å². The number of rotatable bonds is 21. The highest BCUT2D eigenvalue weighted by atomic mass is 32.1. The lowest BCUT2D eigenvalue weighted by Crippen LogP contribution is -2.33. The molecule has 0 fully saturated rings. The van der Waals surface area contributed by atoms with Crippen LogP contribution in [0.25, 0.3) is 20.8 Å². The molecule has 1 aliphatic carbocycles. The molecule has 10 nitrogen and oxygen atoms in total. The van der Waals surface area contributed by atoms with Crippen molar-refractivity contribution < 1.29 is 33.2 Å². The molecule has 5 rings (SSSR count). The maximum absolute atomic E-state index is 13.1. The van der Waals surface area contributed by atoms with Crippen molar-refractivity contribution in [1.29, 1.82) is 0 Å².